The molecule has 86 valence electrons. The molecule has 0 amide bonds. The molecule has 0 aromatic heterocycles. The fourth-order valence-corrected chi connectivity index (χ4v) is 1.39. The molecule has 16 heavy (non-hydrogen) atoms. The van der Waals surface area contributed by atoms with Crippen LogP contribution in [-0.2, 0) is 14.3 Å². The second-order valence-corrected chi connectivity index (χ2v) is 3.49. The molecule has 0 radical (unpaired) electrons. The summed E-state index contributed by atoms with van der Waals surface area (Å²) in [5.41, 5.74) is 1.08. The number of rotatable bonds is 5. The number of carbonyl (C=O) groups excluding carboxylic acids is 1. The van der Waals surface area contributed by atoms with E-state index in [9.17, 15) is 4.79 Å². The van der Waals surface area contributed by atoms with Gasteiger partial charge in [-0.1, -0.05) is 12.1 Å². The lowest BCUT2D eigenvalue weighted by atomic mass is 10.1. The van der Waals surface area contributed by atoms with Crippen LogP contribution in [0, 0.1) is 0 Å². The maximum atomic E-state index is 11.1. The van der Waals surface area contributed by atoms with Crippen molar-refractivity contribution in [2.75, 3.05) is 19.8 Å². The van der Waals surface area contributed by atoms with Crippen molar-refractivity contribution in [3.8, 4) is 5.75 Å². The molecule has 4 heteroatoms. The molecular formula is C12H14O4. The van der Waals surface area contributed by atoms with Gasteiger partial charge in [-0.2, -0.15) is 0 Å². The van der Waals surface area contributed by atoms with Crippen LogP contribution in [-0.4, -0.2) is 25.8 Å². The quantitative estimate of drug-likeness (QED) is 0.562. The van der Waals surface area contributed by atoms with Gasteiger partial charge >= 0.3 is 5.97 Å². The highest BCUT2D eigenvalue weighted by molar-refractivity contribution is 5.71. The first-order valence-electron chi connectivity index (χ1n) is 5.29. The summed E-state index contributed by atoms with van der Waals surface area (Å²) in [6.07, 6.45) is 0.200. The molecule has 1 saturated heterocycles. The zero-order valence-electron chi connectivity index (χ0n) is 9.14. The van der Waals surface area contributed by atoms with E-state index in [1.807, 2.05) is 24.3 Å². The molecule has 1 aliphatic rings. The molecule has 1 aromatic rings. The monoisotopic (exact) mass is 222 g/mol. The Morgan fingerprint density at radius 3 is 3.06 bits per heavy atom. The molecule has 1 unspecified atom stereocenters. The Morgan fingerprint density at radius 2 is 2.38 bits per heavy atom. The lowest BCUT2D eigenvalue weighted by Gasteiger charge is -2.06. The average Bonchev–Trinajstić information content (AvgIpc) is 3.11. The van der Waals surface area contributed by atoms with Gasteiger partial charge in [0, 0.05) is 0 Å². The highest BCUT2D eigenvalue weighted by Crippen LogP contribution is 2.31. The molecule has 0 aliphatic carbocycles. The molecule has 1 heterocycles. The van der Waals surface area contributed by atoms with Crippen molar-refractivity contribution in [3.05, 3.63) is 29.8 Å². The summed E-state index contributed by atoms with van der Waals surface area (Å²) in [6, 6.07) is 7.56. The van der Waals surface area contributed by atoms with Crippen LogP contribution in [0.5, 0.6) is 5.75 Å². The summed E-state index contributed by atoms with van der Waals surface area (Å²) in [5, 5.41) is 0. The van der Waals surface area contributed by atoms with Crippen LogP contribution >= 0.6 is 0 Å². The minimum absolute atomic E-state index is 0.0528. The van der Waals surface area contributed by atoms with Gasteiger partial charge in [0.15, 0.2) is 6.61 Å². The van der Waals surface area contributed by atoms with E-state index >= 15 is 0 Å². The first-order chi connectivity index (χ1) is 7.79. The Hall–Kier alpha value is -1.55. The predicted molar refractivity (Wildman–Crippen MR) is 57.3 cm³/mol. The van der Waals surface area contributed by atoms with Gasteiger partial charge in [-0.05, 0) is 24.6 Å². The van der Waals surface area contributed by atoms with Gasteiger partial charge in [0.25, 0.3) is 0 Å². The smallest absolute Gasteiger partial charge is 0.344 e. The minimum Gasteiger partial charge on any atom is -0.482 e. The first-order valence-corrected chi connectivity index (χ1v) is 5.29. The second kappa shape index (κ2) is 4.99. The van der Waals surface area contributed by atoms with Gasteiger partial charge in [-0.3, -0.25) is 0 Å². The van der Waals surface area contributed by atoms with Crippen molar-refractivity contribution in [1.29, 1.82) is 0 Å². The maximum absolute atomic E-state index is 11.1. The summed E-state index contributed by atoms with van der Waals surface area (Å²) in [6.45, 7) is 2.85. The van der Waals surface area contributed by atoms with Gasteiger partial charge in [0.1, 0.15) is 11.9 Å². The van der Waals surface area contributed by atoms with Gasteiger partial charge in [0.2, 0.25) is 0 Å². The van der Waals surface area contributed by atoms with Crippen LogP contribution in [0.4, 0.5) is 0 Å². The van der Waals surface area contributed by atoms with E-state index in [-0.39, 0.29) is 18.7 Å². The van der Waals surface area contributed by atoms with Crippen LogP contribution in [0.25, 0.3) is 0 Å². The minimum atomic E-state index is -0.351. The van der Waals surface area contributed by atoms with E-state index in [2.05, 4.69) is 0 Å². The Balaban J connectivity index is 1.88. The van der Waals surface area contributed by atoms with Crippen LogP contribution in [0.2, 0.25) is 0 Å². The van der Waals surface area contributed by atoms with Gasteiger partial charge in [-0.25, -0.2) is 4.79 Å². The predicted octanol–water partition coefficient (Wildman–Crippen LogP) is 1.70. The number of benzene rings is 1. The molecule has 1 atom stereocenters. The number of hydrogen-bond acceptors (Lipinski definition) is 4. The largest absolute Gasteiger partial charge is 0.482 e. The molecule has 0 spiro atoms. The van der Waals surface area contributed by atoms with E-state index in [0.717, 1.165) is 12.2 Å². The zero-order chi connectivity index (χ0) is 11.4. The number of epoxide rings is 1. The van der Waals surface area contributed by atoms with Crippen molar-refractivity contribution in [1.82, 2.24) is 0 Å². The second-order valence-electron chi connectivity index (χ2n) is 3.49. The average molecular weight is 222 g/mol. The molecule has 1 aliphatic heterocycles. The van der Waals surface area contributed by atoms with Crippen LogP contribution in [0.15, 0.2) is 24.3 Å². The molecule has 0 saturated carbocycles. The zero-order valence-corrected chi connectivity index (χ0v) is 9.14. The normalized spacial score (nSPS) is 17.9. The summed E-state index contributed by atoms with van der Waals surface area (Å²) < 4.78 is 15.2. The summed E-state index contributed by atoms with van der Waals surface area (Å²) >= 11 is 0. The van der Waals surface area contributed by atoms with E-state index in [1.165, 1.54) is 0 Å². The SMILES string of the molecule is CCOC(=O)COc1cccc(C2CO2)c1. The van der Waals surface area contributed by atoms with Gasteiger partial charge in [0.05, 0.1) is 13.2 Å². The topological polar surface area (TPSA) is 48.1 Å². The lowest BCUT2D eigenvalue weighted by Crippen LogP contribution is -2.14. The number of hydrogen-bond donors (Lipinski definition) is 0. The van der Waals surface area contributed by atoms with Crippen molar-refractivity contribution in [3.63, 3.8) is 0 Å². The van der Waals surface area contributed by atoms with Crippen molar-refractivity contribution >= 4 is 5.97 Å². The molecular weight excluding hydrogens is 208 g/mol. The number of carbonyl (C=O) groups is 1. The van der Waals surface area contributed by atoms with Crippen molar-refractivity contribution < 1.29 is 19.0 Å². The first kappa shape index (κ1) is 11.0. The molecule has 0 N–H and O–H groups in total. The fraction of sp³-hybridized carbons (Fsp3) is 0.417. The third kappa shape index (κ3) is 2.97. The fourth-order valence-electron chi connectivity index (χ4n) is 1.39. The molecule has 1 aromatic carbocycles. The van der Waals surface area contributed by atoms with Crippen LogP contribution in [0.1, 0.15) is 18.6 Å². The highest BCUT2D eigenvalue weighted by Gasteiger charge is 2.24. The summed E-state index contributed by atoms with van der Waals surface area (Å²) in [4.78, 5) is 11.1. The Bertz CT molecular complexity index is 371. The molecule has 1 fully saturated rings. The summed E-state index contributed by atoms with van der Waals surface area (Å²) in [5.74, 6) is 0.316. The van der Waals surface area contributed by atoms with Gasteiger partial charge < -0.3 is 14.2 Å². The van der Waals surface area contributed by atoms with Crippen molar-refractivity contribution in [2.24, 2.45) is 0 Å². The van der Waals surface area contributed by atoms with Crippen LogP contribution in [0.3, 0.4) is 0 Å². The van der Waals surface area contributed by atoms with Gasteiger partial charge in [-0.15, -0.1) is 0 Å². The maximum Gasteiger partial charge on any atom is 0.344 e. The van der Waals surface area contributed by atoms with E-state index in [0.29, 0.717) is 12.4 Å². The van der Waals surface area contributed by atoms with E-state index < -0.39 is 0 Å². The summed E-state index contributed by atoms with van der Waals surface area (Å²) in [7, 11) is 0. The molecule has 4 nitrogen and oxygen atoms in total. The number of ether oxygens (including phenoxy) is 3. The third-order valence-electron chi connectivity index (χ3n) is 2.23. The standard InChI is InChI=1S/C12H14O4/c1-2-14-12(13)8-15-10-5-3-4-9(6-10)11-7-16-11/h3-6,11H,2,7-8H2,1H3. The Kier molecular flexibility index (Phi) is 3.41. The highest BCUT2D eigenvalue weighted by atomic mass is 16.6. The van der Waals surface area contributed by atoms with E-state index in [4.69, 9.17) is 14.2 Å². The molecule has 2 rings (SSSR count). The Morgan fingerprint density at radius 1 is 1.56 bits per heavy atom. The van der Waals surface area contributed by atoms with E-state index in [1.54, 1.807) is 6.92 Å². The Labute approximate surface area is 94.1 Å². The third-order valence-corrected chi connectivity index (χ3v) is 2.23. The van der Waals surface area contributed by atoms with Crippen LogP contribution < -0.4 is 4.74 Å². The number of esters is 1. The molecule has 0 bridgehead atoms. The van der Waals surface area contributed by atoms with Crippen molar-refractivity contribution in [2.45, 2.75) is 13.0 Å². The lowest BCUT2D eigenvalue weighted by molar-refractivity contribution is -0.145.